The van der Waals surface area contributed by atoms with Crippen molar-refractivity contribution in [3.05, 3.63) is 77.9 Å². The second-order valence-electron chi connectivity index (χ2n) is 5.43. The lowest BCUT2D eigenvalue weighted by Gasteiger charge is -2.07. The average molecular weight is 351 g/mol. The van der Waals surface area contributed by atoms with Gasteiger partial charge in [0.1, 0.15) is 0 Å². The van der Waals surface area contributed by atoms with Gasteiger partial charge in [-0.2, -0.15) is 0 Å². The van der Waals surface area contributed by atoms with Gasteiger partial charge in [-0.3, -0.25) is 14.4 Å². The molecule has 3 amide bonds. The lowest BCUT2D eigenvalue weighted by Crippen LogP contribution is -2.40. The highest BCUT2D eigenvalue weighted by atomic mass is 16.2. The fourth-order valence-electron chi connectivity index (χ4n) is 2.10. The van der Waals surface area contributed by atoms with Gasteiger partial charge in [0.15, 0.2) is 0 Å². The predicted octanol–water partition coefficient (Wildman–Crippen LogP) is 1.36. The van der Waals surface area contributed by atoms with E-state index >= 15 is 0 Å². The second-order valence-corrected chi connectivity index (χ2v) is 5.43. The summed E-state index contributed by atoms with van der Waals surface area (Å²) in [7, 11) is 0. The minimum atomic E-state index is -0.316. The van der Waals surface area contributed by atoms with Crippen molar-refractivity contribution in [2.75, 3.05) is 19.6 Å². The molecule has 0 unspecified atom stereocenters. The predicted molar refractivity (Wildman–Crippen MR) is 100 cm³/mol. The van der Waals surface area contributed by atoms with E-state index in [9.17, 15) is 14.4 Å². The molecule has 0 aliphatic carbocycles. The van der Waals surface area contributed by atoms with Gasteiger partial charge in [0.2, 0.25) is 11.8 Å². The maximum Gasteiger partial charge on any atom is 0.251 e. The Balaban J connectivity index is 1.59. The first-order valence-electron chi connectivity index (χ1n) is 8.26. The van der Waals surface area contributed by atoms with Crippen LogP contribution in [0.15, 0.2) is 66.7 Å². The number of nitrogens with one attached hydrogen (secondary N) is 3. The zero-order valence-corrected chi connectivity index (χ0v) is 14.3. The molecule has 0 radical (unpaired) electrons. The molecule has 0 saturated carbocycles. The number of hydrogen-bond acceptors (Lipinski definition) is 3. The van der Waals surface area contributed by atoms with E-state index in [1.165, 1.54) is 6.08 Å². The molecular weight excluding hydrogens is 330 g/mol. The third-order valence-electron chi connectivity index (χ3n) is 3.42. The number of carbonyl (C=O) groups excluding carboxylic acids is 3. The minimum absolute atomic E-state index is 0.115. The van der Waals surface area contributed by atoms with E-state index in [0.717, 1.165) is 5.56 Å². The Bertz CT molecular complexity index is 758. The number of amides is 3. The highest BCUT2D eigenvalue weighted by Gasteiger charge is 2.06. The van der Waals surface area contributed by atoms with Crippen molar-refractivity contribution in [1.82, 2.24) is 16.0 Å². The summed E-state index contributed by atoms with van der Waals surface area (Å²) in [5.41, 5.74) is 1.43. The molecular formula is C20H21N3O3. The Kier molecular flexibility index (Phi) is 7.61. The normalized spacial score (nSPS) is 10.3. The molecule has 2 aromatic rings. The van der Waals surface area contributed by atoms with Crippen LogP contribution in [-0.2, 0) is 9.59 Å². The summed E-state index contributed by atoms with van der Waals surface area (Å²) in [6.07, 6.45) is 3.16. The molecule has 26 heavy (non-hydrogen) atoms. The number of carbonyl (C=O) groups is 3. The molecule has 6 nitrogen and oxygen atoms in total. The summed E-state index contributed by atoms with van der Waals surface area (Å²) >= 11 is 0. The van der Waals surface area contributed by atoms with Crippen molar-refractivity contribution < 1.29 is 14.4 Å². The van der Waals surface area contributed by atoms with Crippen LogP contribution in [0.1, 0.15) is 15.9 Å². The summed E-state index contributed by atoms with van der Waals surface area (Å²) < 4.78 is 0. The Labute approximate surface area is 152 Å². The molecule has 0 aliphatic heterocycles. The van der Waals surface area contributed by atoms with Crippen LogP contribution >= 0.6 is 0 Å². The van der Waals surface area contributed by atoms with E-state index < -0.39 is 0 Å². The molecule has 6 heteroatoms. The van der Waals surface area contributed by atoms with E-state index in [4.69, 9.17) is 0 Å². The molecule has 0 bridgehead atoms. The van der Waals surface area contributed by atoms with Gasteiger partial charge in [-0.05, 0) is 23.8 Å². The first-order valence-corrected chi connectivity index (χ1v) is 8.26. The van der Waals surface area contributed by atoms with Crippen molar-refractivity contribution in [2.45, 2.75) is 0 Å². The van der Waals surface area contributed by atoms with Crippen molar-refractivity contribution in [1.29, 1.82) is 0 Å². The number of rotatable bonds is 8. The zero-order valence-electron chi connectivity index (χ0n) is 14.3. The van der Waals surface area contributed by atoms with Gasteiger partial charge in [0.05, 0.1) is 6.54 Å². The fourth-order valence-corrected chi connectivity index (χ4v) is 2.10. The van der Waals surface area contributed by atoms with Gasteiger partial charge in [0, 0.05) is 24.7 Å². The lowest BCUT2D eigenvalue weighted by atomic mass is 10.2. The van der Waals surface area contributed by atoms with Crippen LogP contribution in [0.3, 0.4) is 0 Å². The zero-order chi connectivity index (χ0) is 18.6. The Morgan fingerprint density at radius 1 is 0.769 bits per heavy atom. The topological polar surface area (TPSA) is 87.3 Å². The monoisotopic (exact) mass is 351 g/mol. The van der Waals surface area contributed by atoms with E-state index in [1.54, 1.807) is 30.3 Å². The molecule has 0 fully saturated rings. The number of benzene rings is 2. The number of hydrogen-bond donors (Lipinski definition) is 3. The van der Waals surface area contributed by atoms with Crippen LogP contribution < -0.4 is 16.0 Å². The molecule has 0 spiro atoms. The SMILES string of the molecule is O=C(/C=C/c1ccccc1)NCCNC(=O)CNC(=O)c1ccccc1. The maximum atomic E-state index is 11.8. The van der Waals surface area contributed by atoms with Crippen LogP contribution in [0.2, 0.25) is 0 Å². The molecule has 2 aromatic carbocycles. The minimum Gasteiger partial charge on any atom is -0.353 e. The Morgan fingerprint density at radius 2 is 1.38 bits per heavy atom. The van der Waals surface area contributed by atoms with Crippen LogP contribution in [-0.4, -0.2) is 37.4 Å². The van der Waals surface area contributed by atoms with Crippen molar-refractivity contribution in [2.24, 2.45) is 0 Å². The van der Waals surface area contributed by atoms with Crippen molar-refractivity contribution in [3.8, 4) is 0 Å². The van der Waals surface area contributed by atoms with Gasteiger partial charge < -0.3 is 16.0 Å². The molecule has 3 N–H and O–H groups in total. The third kappa shape index (κ3) is 7.00. The highest BCUT2D eigenvalue weighted by molar-refractivity contribution is 5.96. The van der Waals surface area contributed by atoms with Crippen molar-refractivity contribution >= 4 is 23.8 Å². The van der Waals surface area contributed by atoms with Gasteiger partial charge >= 0.3 is 0 Å². The van der Waals surface area contributed by atoms with E-state index in [1.807, 2.05) is 36.4 Å². The fraction of sp³-hybridized carbons (Fsp3) is 0.150. The van der Waals surface area contributed by atoms with Crippen LogP contribution in [0.4, 0.5) is 0 Å². The van der Waals surface area contributed by atoms with Crippen LogP contribution in [0.5, 0.6) is 0 Å². The summed E-state index contributed by atoms with van der Waals surface area (Å²) in [6.45, 7) is 0.469. The second kappa shape index (κ2) is 10.5. The van der Waals surface area contributed by atoms with E-state index in [-0.39, 0.29) is 30.8 Å². The maximum absolute atomic E-state index is 11.8. The Hall–Kier alpha value is -3.41. The lowest BCUT2D eigenvalue weighted by molar-refractivity contribution is -0.120. The van der Waals surface area contributed by atoms with Crippen LogP contribution in [0.25, 0.3) is 6.08 Å². The highest BCUT2D eigenvalue weighted by Crippen LogP contribution is 2.00. The molecule has 0 saturated heterocycles. The molecule has 134 valence electrons. The first kappa shape index (κ1) is 18.9. The molecule has 0 aromatic heterocycles. The quantitative estimate of drug-likeness (QED) is 0.496. The average Bonchev–Trinajstić information content (AvgIpc) is 2.69. The standard InChI is InChI=1S/C20H21N3O3/c24-18(12-11-16-7-3-1-4-8-16)21-13-14-22-19(25)15-23-20(26)17-9-5-2-6-10-17/h1-12H,13-15H2,(H,21,24)(H,22,25)(H,23,26)/b12-11+. The smallest absolute Gasteiger partial charge is 0.251 e. The van der Waals surface area contributed by atoms with Crippen molar-refractivity contribution in [3.63, 3.8) is 0 Å². The summed E-state index contributed by atoms with van der Waals surface area (Å²) in [5.74, 6) is -0.857. The molecule has 0 heterocycles. The first-order chi connectivity index (χ1) is 12.6. The largest absolute Gasteiger partial charge is 0.353 e. The van der Waals surface area contributed by atoms with Gasteiger partial charge in [0.25, 0.3) is 5.91 Å². The summed E-state index contributed by atoms with van der Waals surface area (Å²) in [5, 5.41) is 7.83. The summed E-state index contributed by atoms with van der Waals surface area (Å²) in [6, 6.07) is 18.1. The van der Waals surface area contributed by atoms with E-state index in [2.05, 4.69) is 16.0 Å². The van der Waals surface area contributed by atoms with Crippen LogP contribution in [0, 0.1) is 0 Å². The van der Waals surface area contributed by atoms with Gasteiger partial charge in [-0.1, -0.05) is 48.5 Å². The van der Waals surface area contributed by atoms with Gasteiger partial charge in [-0.25, -0.2) is 0 Å². The molecule has 2 rings (SSSR count). The Morgan fingerprint density at radius 3 is 2.08 bits per heavy atom. The van der Waals surface area contributed by atoms with Gasteiger partial charge in [-0.15, -0.1) is 0 Å². The molecule has 0 aliphatic rings. The molecule has 0 atom stereocenters. The summed E-state index contributed by atoms with van der Waals surface area (Å²) in [4.78, 5) is 35.1. The third-order valence-corrected chi connectivity index (χ3v) is 3.42. The van der Waals surface area contributed by atoms with E-state index in [0.29, 0.717) is 12.1 Å².